The smallest absolute Gasteiger partial charge is 0.303 e. The zero-order valence-corrected chi connectivity index (χ0v) is 11.8. The molecule has 0 bridgehead atoms. The molecule has 0 saturated carbocycles. The second-order valence-electron chi connectivity index (χ2n) is 5.38. The van der Waals surface area contributed by atoms with E-state index in [1.165, 1.54) is 11.1 Å². The van der Waals surface area contributed by atoms with Gasteiger partial charge in [0.15, 0.2) is 0 Å². The SMILES string of the molecule is O=C(O)CCc1ccc(O[C@H]2CCc3ccccc32)cc1. The molecule has 1 aliphatic rings. The number of ether oxygens (including phenoxy) is 1. The third-order valence-corrected chi connectivity index (χ3v) is 3.91. The topological polar surface area (TPSA) is 46.5 Å². The summed E-state index contributed by atoms with van der Waals surface area (Å²) >= 11 is 0. The van der Waals surface area contributed by atoms with Crippen LogP contribution in [0.3, 0.4) is 0 Å². The number of hydrogen-bond donors (Lipinski definition) is 1. The summed E-state index contributed by atoms with van der Waals surface area (Å²) in [5.41, 5.74) is 3.68. The van der Waals surface area contributed by atoms with Crippen LogP contribution >= 0.6 is 0 Å². The minimum absolute atomic E-state index is 0.131. The Bertz CT molecular complexity index is 631. The van der Waals surface area contributed by atoms with E-state index >= 15 is 0 Å². The maximum absolute atomic E-state index is 10.6. The zero-order valence-electron chi connectivity index (χ0n) is 11.8. The lowest BCUT2D eigenvalue weighted by molar-refractivity contribution is -0.136. The minimum Gasteiger partial charge on any atom is -0.486 e. The van der Waals surface area contributed by atoms with Crippen LogP contribution in [0.25, 0.3) is 0 Å². The lowest BCUT2D eigenvalue weighted by Gasteiger charge is -2.15. The Hall–Kier alpha value is -2.29. The summed E-state index contributed by atoms with van der Waals surface area (Å²) in [6, 6.07) is 16.2. The van der Waals surface area contributed by atoms with Gasteiger partial charge in [-0.2, -0.15) is 0 Å². The predicted octanol–water partition coefficient (Wildman–Crippen LogP) is 3.77. The standard InChI is InChI=1S/C18H18O3/c19-18(20)12-7-13-5-9-15(10-6-13)21-17-11-8-14-3-1-2-4-16(14)17/h1-6,9-10,17H,7-8,11-12H2,(H,19,20)/t17-/m0/s1. The molecule has 21 heavy (non-hydrogen) atoms. The summed E-state index contributed by atoms with van der Waals surface area (Å²) in [5.74, 6) is 0.0775. The van der Waals surface area contributed by atoms with Crippen LogP contribution in [0, 0.1) is 0 Å². The first-order valence-corrected chi connectivity index (χ1v) is 7.27. The molecule has 3 nitrogen and oxygen atoms in total. The van der Waals surface area contributed by atoms with Gasteiger partial charge in [0.25, 0.3) is 0 Å². The van der Waals surface area contributed by atoms with Crippen molar-refractivity contribution in [3.63, 3.8) is 0 Å². The molecule has 108 valence electrons. The Morgan fingerprint density at radius 2 is 1.90 bits per heavy atom. The monoisotopic (exact) mass is 282 g/mol. The van der Waals surface area contributed by atoms with Crippen LogP contribution in [0.1, 0.15) is 35.6 Å². The van der Waals surface area contributed by atoms with Gasteiger partial charge < -0.3 is 9.84 Å². The number of fused-ring (bicyclic) bond motifs is 1. The number of aliphatic carboxylic acids is 1. The Morgan fingerprint density at radius 1 is 1.14 bits per heavy atom. The highest BCUT2D eigenvalue weighted by Gasteiger charge is 2.23. The number of rotatable bonds is 5. The van der Waals surface area contributed by atoms with E-state index < -0.39 is 5.97 Å². The summed E-state index contributed by atoms with van der Waals surface area (Å²) in [7, 11) is 0. The minimum atomic E-state index is -0.766. The fourth-order valence-corrected chi connectivity index (χ4v) is 2.79. The van der Waals surface area contributed by atoms with Crippen molar-refractivity contribution >= 4 is 5.97 Å². The Morgan fingerprint density at radius 3 is 2.67 bits per heavy atom. The number of carboxylic acid groups (broad SMARTS) is 1. The molecule has 0 amide bonds. The van der Waals surface area contributed by atoms with Gasteiger partial charge in [-0.05, 0) is 48.1 Å². The van der Waals surface area contributed by atoms with Crippen LogP contribution in [0.15, 0.2) is 48.5 Å². The van der Waals surface area contributed by atoms with Crippen molar-refractivity contribution in [2.24, 2.45) is 0 Å². The van der Waals surface area contributed by atoms with Crippen molar-refractivity contribution in [1.82, 2.24) is 0 Å². The van der Waals surface area contributed by atoms with Crippen LogP contribution in [-0.2, 0) is 17.6 Å². The summed E-state index contributed by atoms with van der Waals surface area (Å²) in [6.45, 7) is 0. The van der Waals surface area contributed by atoms with Crippen molar-refractivity contribution in [2.45, 2.75) is 31.8 Å². The van der Waals surface area contributed by atoms with Gasteiger partial charge in [-0.15, -0.1) is 0 Å². The molecule has 1 atom stereocenters. The van der Waals surface area contributed by atoms with Gasteiger partial charge in [0.1, 0.15) is 11.9 Å². The molecular formula is C18H18O3. The van der Waals surface area contributed by atoms with Crippen LogP contribution in [0.4, 0.5) is 0 Å². The van der Waals surface area contributed by atoms with Gasteiger partial charge >= 0.3 is 5.97 Å². The molecule has 0 unspecified atom stereocenters. The fraction of sp³-hybridized carbons (Fsp3) is 0.278. The van der Waals surface area contributed by atoms with Crippen LogP contribution in [-0.4, -0.2) is 11.1 Å². The molecule has 0 aliphatic heterocycles. The van der Waals surface area contributed by atoms with Gasteiger partial charge in [-0.25, -0.2) is 0 Å². The quantitative estimate of drug-likeness (QED) is 0.908. The van der Waals surface area contributed by atoms with E-state index in [2.05, 4.69) is 24.3 Å². The zero-order chi connectivity index (χ0) is 14.7. The van der Waals surface area contributed by atoms with E-state index in [1.54, 1.807) is 0 Å². The third kappa shape index (κ3) is 3.24. The molecule has 0 heterocycles. The predicted molar refractivity (Wildman–Crippen MR) is 80.5 cm³/mol. The van der Waals surface area contributed by atoms with Gasteiger partial charge in [-0.1, -0.05) is 36.4 Å². The molecule has 0 saturated heterocycles. The number of carbonyl (C=O) groups is 1. The van der Waals surface area contributed by atoms with Crippen molar-refractivity contribution in [3.05, 3.63) is 65.2 Å². The van der Waals surface area contributed by atoms with Crippen molar-refractivity contribution in [1.29, 1.82) is 0 Å². The molecule has 0 radical (unpaired) electrons. The van der Waals surface area contributed by atoms with Crippen molar-refractivity contribution in [2.75, 3.05) is 0 Å². The number of hydrogen-bond acceptors (Lipinski definition) is 2. The van der Waals surface area contributed by atoms with Gasteiger partial charge in [0.2, 0.25) is 0 Å². The molecule has 3 rings (SSSR count). The largest absolute Gasteiger partial charge is 0.486 e. The van der Waals surface area contributed by atoms with E-state index in [1.807, 2.05) is 24.3 Å². The number of carboxylic acids is 1. The van der Waals surface area contributed by atoms with Gasteiger partial charge in [0, 0.05) is 6.42 Å². The summed E-state index contributed by atoms with van der Waals surface area (Å²) in [6.07, 6.45) is 2.93. The fourth-order valence-electron chi connectivity index (χ4n) is 2.79. The Labute approximate surface area is 124 Å². The number of benzene rings is 2. The highest BCUT2D eigenvalue weighted by Crippen LogP contribution is 2.34. The van der Waals surface area contributed by atoms with E-state index in [-0.39, 0.29) is 12.5 Å². The van der Waals surface area contributed by atoms with E-state index in [4.69, 9.17) is 9.84 Å². The molecule has 2 aromatic carbocycles. The molecule has 3 heteroatoms. The molecular weight excluding hydrogens is 264 g/mol. The third-order valence-electron chi connectivity index (χ3n) is 3.91. The molecule has 1 aliphatic carbocycles. The number of aryl methyl sites for hydroxylation is 2. The lowest BCUT2D eigenvalue weighted by Crippen LogP contribution is -2.03. The first-order valence-electron chi connectivity index (χ1n) is 7.27. The van der Waals surface area contributed by atoms with Crippen molar-refractivity contribution in [3.8, 4) is 5.75 Å². The Kier molecular flexibility index (Phi) is 3.91. The second-order valence-corrected chi connectivity index (χ2v) is 5.38. The lowest BCUT2D eigenvalue weighted by atomic mass is 10.1. The normalized spacial score (nSPS) is 16.5. The van der Waals surface area contributed by atoms with Crippen LogP contribution < -0.4 is 4.74 Å². The maximum Gasteiger partial charge on any atom is 0.303 e. The second kappa shape index (κ2) is 6.00. The average molecular weight is 282 g/mol. The highest BCUT2D eigenvalue weighted by atomic mass is 16.5. The maximum atomic E-state index is 10.6. The summed E-state index contributed by atoms with van der Waals surface area (Å²) in [4.78, 5) is 10.6. The van der Waals surface area contributed by atoms with Crippen LogP contribution in [0.5, 0.6) is 5.75 Å². The van der Waals surface area contributed by atoms with Gasteiger partial charge in [-0.3, -0.25) is 4.79 Å². The molecule has 0 fully saturated rings. The highest BCUT2D eigenvalue weighted by molar-refractivity contribution is 5.67. The first kappa shape index (κ1) is 13.7. The van der Waals surface area contributed by atoms with Crippen molar-refractivity contribution < 1.29 is 14.6 Å². The van der Waals surface area contributed by atoms with E-state index in [0.717, 1.165) is 24.2 Å². The van der Waals surface area contributed by atoms with E-state index in [0.29, 0.717) is 6.42 Å². The van der Waals surface area contributed by atoms with Gasteiger partial charge in [0.05, 0.1) is 0 Å². The van der Waals surface area contributed by atoms with E-state index in [9.17, 15) is 4.79 Å². The van der Waals surface area contributed by atoms with Crippen LogP contribution in [0.2, 0.25) is 0 Å². The molecule has 0 spiro atoms. The first-order chi connectivity index (χ1) is 10.2. The Balaban J connectivity index is 1.65. The summed E-state index contributed by atoms with van der Waals surface area (Å²) in [5, 5.41) is 8.69. The molecule has 0 aromatic heterocycles. The molecule has 2 aromatic rings. The molecule has 1 N–H and O–H groups in total. The summed E-state index contributed by atoms with van der Waals surface area (Å²) < 4.78 is 6.07. The average Bonchev–Trinajstić information content (AvgIpc) is 2.90.